The summed E-state index contributed by atoms with van der Waals surface area (Å²) in [5.41, 5.74) is 1.43. The summed E-state index contributed by atoms with van der Waals surface area (Å²) in [5.74, 6) is -0.602. The maximum atomic E-state index is 13.6. The topological polar surface area (TPSA) is 90.5 Å². The van der Waals surface area contributed by atoms with Crippen molar-refractivity contribution in [1.82, 2.24) is 4.98 Å². The molecule has 33 heavy (non-hydrogen) atoms. The van der Waals surface area contributed by atoms with Gasteiger partial charge in [-0.15, -0.1) is 11.8 Å². The van der Waals surface area contributed by atoms with Crippen molar-refractivity contribution in [2.45, 2.75) is 22.6 Å². The van der Waals surface area contributed by atoms with E-state index in [1.807, 2.05) is 42.5 Å². The Morgan fingerprint density at radius 2 is 1.61 bits per heavy atom. The highest BCUT2D eigenvalue weighted by Gasteiger charge is 2.69. The van der Waals surface area contributed by atoms with Crippen molar-refractivity contribution < 1.29 is 14.7 Å². The number of hydrogen-bond acceptors (Lipinski definition) is 6. The quantitative estimate of drug-likeness (QED) is 0.549. The third-order valence-electron chi connectivity index (χ3n) is 8.01. The first-order valence-corrected chi connectivity index (χ1v) is 12.8. The van der Waals surface area contributed by atoms with Crippen LogP contribution in [0, 0.1) is 29.6 Å². The minimum absolute atomic E-state index is 0.0395. The van der Waals surface area contributed by atoms with E-state index >= 15 is 0 Å². The molecule has 0 radical (unpaired) electrons. The summed E-state index contributed by atoms with van der Waals surface area (Å²) < 4.78 is 0. The van der Waals surface area contributed by atoms with Gasteiger partial charge in [0.25, 0.3) is 0 Å². The number of nitrogens with one attached hydrogen (secondary N) is 1. The van der Waals surface area contributed by atoms with E-state index in [4.69, 9.17) is 0 Å². The van der Waals surface area contributed by atoms with Gasteiger partial charge in [0.2, 0.25) is 11.8 Å². The summed E-state index contributed by atoms with van der Waals surface area (Å²) in [6.45, 7) is 0. The average molecular weight is 477 g/mol. The van der Waals surface area contributed by atoms with E-state index in [9.17, 15) is 19.5 Å². The van der Waals surface area contributed by atoms with Gasteiger partial charge in [0.1, 0.15) is 5.75 Å². The van der Waals surface area contributed by atoms with Gasteiger partial charge in [-0.05, 0) is 42.4 Å². The minimum atomic E-state index is -0.338. The molecule has 2 aliphatic carbocycles. The number of phenolic OH excluding ortho intramolecular Hbond substituents is 1. The van der Waals surface area contributed by atoms with Crippen LogP contribution in [0.15, 0.2) is 64.4 Å². The zero-order valence-corrected chi connectivity index (χ0v) is 19.0. The van der Waals surface area contributed by atoms with Crippen molar-refractivity contribution in [3.05, 3.63) is 74.7 Å². The second-order valence-electron chi connectivity index (χ2n) is 9.37. The summed E-state index contributed by atoms with van der Waals surface area (Å²) in [5, 5.41) is 11.7. The SMILES string of the molecule is O=C1[C@H]2[C@H]3C[C@@H]([C@@H]2C(=O)N1c1ccccc1)[C@H]1[C@H](c2ccccc2O)c2sc(=O)[nH]c2S[C@H]31. The van der Waals surface area contributed by atoms with E-state index in [1.165, 1.54) is 16.2 Å². The number of thiazole rings is 1. The number of nitrogens with zero attached hydrogens (tertiary/aromatic N) is 1. The number of carbonyl (C=O) groups excluding carboxylic acids is 2. The van der Waals surface area contributed by atoms with Crippen molar-refractivity contribution in [2.24, 2.45) is 29.6 Å². The van der Waals surface area contributed by atoms with Gasteiger partial charge in [0.15, 0.2) is 0 Å². The molecule has 4 aliphatic rings. The van der Waals surface area contributed by atoms with Gasteiger partial charge in [-0.25, -0.2) is 0 Å². The molecule has 2 amide bonds. The number of carbonyl (C=O) groups is 2. The number of benzene rings is 2. The van der Waals surface area contributed by atoms with E-state index in [2.05, 4.69) is 4.98 Å². The Kier molecular flexibility index (Phi) is 4.06. The van der Waals surface area contributed by atoms with Crippen LogP contribution in [0.3, 0.4) is 0 Å². The summed E-state index contributed by atoms with van der Waals surface area (Å²) in [7, 11) is 0. The third-order valence-corrected chi connectivity index (χ3v) is 10.6. The van der Waals surface area contributed by atoms with Crippen LogP contribution >= 0.6 is 23.1 Å². The first kappa shape index (κ1) is 19.6. The van der Waals surface area contributed by atoms with Gasteiger partial charge in [0, 0.05) is 21.6 Å². The fraction of sp³-hybridized carbons (Fsp3) is 0.320. The Labute approximate surface area is 197 Å². The van der Waals surface area contributed by atoms with Crippen molar-refractivity contribution in [2.75, 3.05) is 4.90 Å². The normalized spacial score (nSPS) is 33.8. The predicted octanol–water partition coefficient (Wildman–Crippen LogP) is 3.82. The first-order chi connectivity index (χ1) is 16.0. The summed E-state index contributed by atoms with van der Waals surface area (Å²) >= 11 is 2.85. The lowest BCUT2D eigenvalue weighted by Gasteiger charge is -2.43. The largest absolute Gasteiger partial charge is 0.508 e. The molecule has 1 saturated heterocycles. The van der Waals surface area contributed by atoms with Gasteiger partial charge < -0.3 is 10.1 Å². The number of amides is 2. The van der Waals surface area contributed by atoms with Crippen LogP contribution in [-0.4, -0.2) is 27.2 Å². The lowest BCUT2D eigenvalue weighted by atomic mass is 9.68. The molecular weight excluding hydrogens is 456 g/mol. The van der Waals surface area contributed by atoms with E-state index < -0.39 is 0 Å². The molecular formula is C25H20N2O4S2. The number of aromatic amines is 1. The zero-order valence-electron chi connectivity index (χ0n) is 17.4. The summed E-state index contributed by atoms with van der Waals surface area (Å²) in [4.78, 5) is 44.6. The Bertz CT molecular complexity index is 1370. The zero-order chi connectivity index (χ0) is 22.4. The van der Waals surface area contributed by atoms with Gasteiger partial charge >= 0.3 is 4.87 Å². The number of aromatic hydroxyl groups is 1. The molecule has 0 spiro atoms. The number of H-pyrrole nitrogens is 1. The molecule has 3 heterocycles. The molecule has 1 aromatic heterocycles. The van der Waals surface area contributed by atoms with Crippen LogP contribution in [0.5, 0.6) is 5.75 Å². The van der Waals surface area contributed by atoms with Crippen LogP contribution in [0.2, 0.25) is 0 Å². The van der Waals surface area contributed by atoms with Gasteiger partial charge in [-0.3, -0.25) is 19.3 Å². The van der Waals surface area contributed by atoms with Crippen molar-refractivity contribution in [1.29, 1.82) is 0 Å². The molecule has 2 saturated carbocycles. The number of anilines is 1. The van der Waals surface area contributed by atoms with Crippen LogP contribution in [-0.2, 0) is 9.59 Å². The van der Waals surface area contributed by atoms with Crippen LogP contribution in [0.4, 0.5) is 5.69 Å². The number of para-hydroxylation sites is 2. The first-order valence-electron chi connectivity index (χ1n) is 11.1. The number of aromatic nitrogens is 1. The van der Waals surface area contributed by atoms with Crippen molar-refractivity contribution in [3.8, 4) is 5.75 Å². The molecule has 2 bridgehead atoms. The lowest BCUT2D eigenvalue weighted by Crippen LogP contribution is -2.42. The Hall–Kier alpha value is -2.84. The number of hydrogen-bond donors (Lipinski definition) is 2. The standard InChI is InChI=1S/C25H20N2O4S2/c28-15-9-5-4-8-12(15)16-17-13-10-14(20(17)32-22-21(16)33-25(31)26-22)19-18(13)23(29)27(24(19)30)11-6-2-1-3-7-11/h1-9,13-14,16-20,28H,10H2,(H,26,31)/t13-,14-,16+,17+,18+,19+,20-/m1/s1. The highest BCUT2D eigenvalue weighted by Crippen LogP contribution is 2.69. The molecule has 166 valence electrons. The van der Waals surface area contributed by atoms with E-state index in [0.717, 1.165) is 21.9 Å². The molecule has 2 aromatic carbocycles. The van der Waals surface area contributed by atoms with Gasteiger partial charge in [0.05, 0.1) is 22.5 Å². The number of rotatable bonds is 2. The smallest absolute Gasteiger partial charge is 0.305 e. The fourth-order valence-corrected chi connectivity index (χ4v) is 9.83. The van der Waals surface area contributed by atoms with E-state index in [0.29, 0.717) is 5.69 Å². The Morgan fingerprint density at radius 3 is 2.36 bits per heavy atom. The molecule has 2 N–H and O–H groups in total. The van der Waals surface area contributed by atoms with E-state index in [1.54, 1.807) is 23.9 Å². The third kappa shape index (κ3) is 2.53. The predicted molar refractivity (Wildman–Crippen MR) is 126 cm³/mol. The number of phenols is 1. The van der Waals surface area contributed by atoms with Crippen LogP contribution < -0.4 is 9.77 Å². The Balaban J connectivity index is 1.36. The lowest BCUT2D eigenvalue weighted by molar-refractivity contribution is -0.123. The molecule has 3 aromatic rings. The average Bonchev–Trinajstić information content (AvgIpc) is 3.54. The monoisotopic (exact) mass is 476 g/mol. The maximum Gasteiger partial charge on any atom is 0.305 e. The Morgan fingerprint density at radius 1 is 0.909 bits per heavy atom. The molecule has 0 unspecified atom stereocenters. The highest BCUT2D eigenvalue weighted by molar-refractivity contribution is 8.00. The maximum absolute atomic E-state index is 13.6. The van der Waals surface area contributed by atoms with Crippen LogP contribution in [0.25, 0.3) is 0 Å². The molecule has 3 fully saturated rings. The fourth-order valence-electron chi connectivity index (χ4n) is 6.95. The second kappa shape index (κ2) is 6.84. The molecule has 6 nitrogen and oxygen atoms in total. The minimum Gasteiger partial charge on any atom is -0.508 e. The molecule has 7 atom stereocenters. The number of imide groups is 1. The van der Waals surface area contributed by atoms with Crippen molar-refractivity contribution in [3.63, 3.8) is 0 Å². The molecule has 8 heteroatoms. The number of fused-ring (bicyclic) bond motifs is 9. The van der Waals surface area contributed by atoms with E-state index in [-0.39, 0.29) is 63.2 Å². The summed E-state index contributed by atoms with van der Waals surface area (Å²) in [6, 6.07) is 16.5. The summed E-state index contributed by atoms with van der Waals surface area (Å²) in [6.07, 6.45) is 0.834. The molecule has 7 rings (SSSR count). The highest BCUT2D eigenvalue weighted by atomic mass is 32.2. The second-order valence-corrected chi connectivity index (χ2v) is 11.6. The van der Waals surface area contributed by atoms with Gasteiger partial charge in [-0.2, -0.15) is 0 Å². The van der Waals surface area contributed by atoms with Crippen LogP contribution in [0.1, 0.15) is 22.8 Å². The number of thioether (sulfide) groups is 1. The van der Waals surface area contributed by atoms with Crippen molar-refractivity contribution >= 4 is 40.6 Å². The molecule has 2 aliphatic heterocycles. The van der Waals surface area contributed by atoms with Gasteiger partial charge in [-0.1, -0.05) is 47.7 Å².